The summed E-state index contributed by atoms with van der Waals surface area (Å²) in [5.74, 6) is 0. The van der Waals surface area contributed by atoms with Crippen LogP contribution in [0.5, 0.6) is 0 Å². The molecule has 2 atom stereocenters. The summed E-state index contributed by atoms with van der Waals surface area (Å²) >= 11 is 0. The first-order valence-electron chi connectivity index (χ1n) is 8.44. The third-order valence-corrected chi connectivity index (χ3v) is 7.10. The summed E-state index contributed by atoms with van der Waals surface area (Å²) in [5, 5.41) is 3.37. The van der Waals surface area contributed by atoms with Gasteiger partial charge in [0.15, 0.2) is 0 Å². The van der Waals surface area contributed by atoms with Gasteiger partial charge in [-0.3, -0.25) is 0 Å². The third kappa shape index (κ3) is 2.70. The lowest BCUT2D eigenvalue weighted by molar-refractivity contribution is 0.334. The van der Waals surface area contributed by atoms with Gasteiger partial charge in [0.25, 0.3) is 0 Å². The predicted molar refractivity (Wildman–Crippen MR) is 88.5 cm³/mol. The summed E-state index contributed by atoms with van der Waals surface area (Å²) in [6.07, 6.45) is 4.72. The van der Waals surface area contributed by atoms with Gasteiger partial charge in [-0.1, -0.05) is 19.9 Å². The Hall–Kier alpha value is -0.910. The van der Waals surface area contributed by atoms with Crippen molar-refractivity contribution in [1.82, 2.24) is 9.62 Å². The van der Waals surface area contributed by atoms with E-state index in [0.29, 0.717) is 4.90 Å². The van der Waals surface area contributed by atoms with Crippen molar-refractivity contribution in [2.75, 3.05) is 13.1 Å². The van der Waals surface area contributed by atoms with E-state index in [-0.39, 0.29) is 12.1 Å². The van der Waals surface area contributed by atoms with E-state index in [1.165, 1.54) is 5.56 Å². The molecule has 1 N–H and O–H groups in total. The van der Waals surface area contributed by atoms with Gasteiger partial charge in [0.2, 0.25) is 10.0 Å². The molecule has 2 unspecified atom stereocenters. The van der Waals surface area contributed by atoms with Crippen LogP contribution in [0.15, 0.2) is 23.1 Å². The molecule has 22 heavy (non-hydrogen) atoms. The van der Waals surface area contributed by atoms with Gasteiger partial charge in [0.1, 0.15) is 0 Å². The van der Waals surface area contributed by atoms with Gasteiger partial charge < -0.3 is 5.32 Å². The van der Waals surface area contributed by atoms with Crippen molar-refractivity contribution in [3.05, 3.63) is 29.3 Å². The number of nitrogens with one attached hydrogen (secondary N) is 1. The highest BCUT2D eigenvalue weighted by atomic mass is 32.2. The van der Waals surface area contributed by atoms with Gasteiger partial charge in [0, 0.05) is 18.6 Å². The second kappa shape index (κ2) is 6.30. The summed E-state index contributed by atoms with van der Waals surface area (Å²) in [7, 11) is -3.39. The van der Waals surface area contributed by atoms with Crippen molar-refractivity contribution < 1.29 is 8.42 Å². The molecule has 2 aliphatic rings. The number of hydrogen-bond acceptors (Lipinski definition) is 3. The van der Waals surface area contributed by atoms with Crippen LogP contribution in [-0.2, 0) is 22.9 Å². The molecule has 2 aliphatic heterocycles. The Labute approximate surface area is 134 Å². The Morgan fingerprint density at radius 2 is 1.82 bits per heavy atom. The van der Waals surface area contributed by atoms with Crippen LogP contribution in [-0.4, -0.2) is 37.9 Å². The predicted octanol–water partition coefficient (Wildman–Crippen LogP) is 2.33. The maximum atomic E-state index is 13.2. The quantitative estimate of drug-likeness (QED) is 0.925. The number of aryl methyl sites for hydroxylation is 2. The highest BCUT2D eigenvalue weighted by molar-refractivity contribution is 7.89. The van der Waals surface area contributed by atoms with Crippen LogP contribution in [0.3, 0.4) is 0 Å². The zero-order valence-electron chi connectivity index (χ0n) is 13.5. The Bertz CT molecular complexity index is 628. The van der Waals surface area contributed by atoms with Gasteiger partial charge in [0.05, 0.1) is 4.90 Å². The molecule has 0 aromatic heterocycles. The molecule has 2 bridgehead atoms. The average Bonchev–Trinajstić information content (AvgIpc) is 2.80. The summed E-state index contributed by atoms with van der Waals surface area (Å²) in [4.78, 5) is 0.473. The van der Waals surface area contributed by atoms with Crippen molar-refractivity contribution in [2.24, 2.45) is 0 Å². The fourth-order valence-electron chi connectivity index (χ4n) is 3.89. The van der Waals surface area contributed by atoms with Crippen LogP contribution in [0.4, 0.5) is 0 Å². The molecule has 5 heteroatoms. The average molecular weight is 322 g/mol. The van der Waals surface area contributed by atoms with Crippen molar-refractivity contribution in [3.63, 3.8) is 0 Å². The molecule has 1 aromatic carbocycles. The van der Waals surface area contributed by atoms with Crippen LogP contribution >= 0.6 is 0 Å². The summed E-state index contributed by atoms with van der Waals surface area (Å²) in [6, 6.07) is 5.97. The molecule has 2 saturated heterocycles. The van der Waals surface area contributed by atoms with Crippen molar-refractivity contribution in [1.29, 1.82) is 0 Å². The molecule has 1 aromatic rings. The van der Waals surface area contributed by atoms with Gasteiger partial charge >= 0.3 is 0 Å². The zero-order valence-corrected chi connectivity index (χ0v) is 14.3. The maximum absolute atomic E-state index is 13.2. The van der Waals surface area contributed by atoms with E-state index in [1.54, 1.807) is 10.4 Å². The number of nitrogens with zero attached hydrogens (tertiary/aromatic N) is 1. The molecule has 3 rings (SSSR count). The highest BCUT2D eigenvalue weighted by Gasteiger charge is 2.43. The van der Waals surface area contributed by atoms with E-state index < -0.39 is 10.0 Å². The largest absolute Gasteiger partial charge is 0.315 e. The smallest absolute Gasteiger partial charge is 0.243 e. The summed E-state index contributed by atoms with van der Waals surface area (Å²) in [5.41, 5.74) is 2.41. The minimum atomic E-state index is -3.39. The molecule has 4 nitrogen and oxygen atoms in total. The van der Waals surface area contributed by atoms with Gasteiger partial charge in [-0.25, -0.2) is 8.42 Å². The first kappa shape index (κ1) is 16.0. The first-order valence-corrected chi connectivity index (χ1v) is 9.88. The highest BCUT2D eigenvalue weighted by Crippen LogP contribution is 2.34. The Morgan fingerprint density at radius 3 is 2.55 bits per heavy atom. The lowest BCUT2D eigenvalue weighted by atomic mass is 10.0. The van der Waals surface area contributed by atoms with E-state index in [2.05, 4.69) is 19.2 Å². The molecule has 2 heterocycles. The lowest BCUT2D eigenvalue weighted by Gasteiger charge is -2.27. The molecular formula is C17H26N2O2S. The summed E-state index contributed by atoms with van der Waals surface area (Å²) < 4.78 is 28.1. The van der Waals surface area contributed by atoms with Crippen LogP contribution in [0.1, 0.15) is 44.2 Å². The molecule has 2 fully saturated rings. The lowest BCUT2D eigenvalue weighted by Crippen LogP contribution is -2.42. The minimum absolute atomic E-state index is 0.119. The first-order chi connectivity index (χ1) is 10.6. The van der Waals surface area contributed by atoms with E-state index >= 15 is 0 Å². The normalized spacial score (nSPS) is 26.1. The second-order valence-corrected chi connectivity index (χ2v) is 8.19. The molecule has 122 valence electrons. The van der Waals surface area contributed by atoms with E-state index in [4.69, 9.17) is 0 Å². The van der Waals surface area contributed by atoms with E-state index in [1.807, 2.05) is 12.1 Å². The maximum Gasteiger partial charge on any atom is 0.243 e. The summed E-state index contributed by atoms with van der Waals surface area (Å²) in [6.45, 7) is 5.90. The number of sulfonamides is 1. The number of hydrogen-bond donors (Lipinski definition) is 1. The van der Waals surface area contributed by atoms with Crippen molar-refractivity contribution >= 4 is 10.0 Å². The monoisotopic (exact) mass is 322 g/mol. The molecule has 0 amide bonds. The van der Waals surface area contributed by atoms with Crippen LogP contribution in [0.2, 0.25) is 0 Å². The van der Waals surface area contributed by atoms with E-state index in [9.17, 15) is 8.42 Å². The SMILES string of the molecule is CCc1ccc(S(=O)(=O)N2C3CCNCC2CC3)cc1CC. The van der Waals surface area contributed by atoms with Crippen LogP contribution in [0.25, 0.3) is 0 Å². The number of benzene rings is 1. The molecule has 0 aliphatic carbocycles. The molecule has 0 radical (unpaired) electrons. The molecular weight excluding hydrogens is 296 g/mol. The fourth-order valence-corrected chi connectivity index (χ4v) is 5.84. The van der Waals surface area contributed by atoms with Gasteiger partial charge in [-0.15, -0.1) is 0 Å². The van der Waals surface area contributed by atoms with Crippen LogP contribution < -0.4 is 5.32 Å². The number of fused-ring (bicyclic) bond motifs is 2. The molecule has 0 saturated carbocycles. The molecule has 0 spiro atoms. The Kier molecular flexibility index (Phi) is 4.57. The van der Waals surface area contributed by atoms with Crippen molar-refractivity contribution in [3.8, 4) is 0 Å². The second-order valence-electron chi connectivity index (χ2n) is 6.35. The van der Waals surface area contributed by atoms with Crippen LogP contribution in [0, 0.1) is 0 Å². The van der Waals surface area contributed by atoms with Gasteiger partial charge in [-0.2, -0.15) is 4.31 Å². The minimum Gasteiger partial charge on any atom is -0.315 e. The van der Waals surface area contributed by atoms with Gasteiger partial charge in [-0.05, 0) is 61.9 Å². The third-order valence-electron chi connectivity index (χ3n) is 5.10. The van der Waals surface area contributed by atoms with Crippen molar-refractivity contribution in [2.45, 2.75) is 62.9 Å². The topological polar surface area (TPSA) is 49.4 Å². The Morgan fingerprint density at radius 1 is 1.09 bits per heavy atom. The van der Waals surface area contributed by atoms with E-state index in [0.717, 1.165) is 50.8 Å². The number of rotatable bonds is 4. The standard InChI is InChI=1S/C17H26N2O2S/c1-3-13-5-8-17(11-14(13)4-2)22(20,21)19-15-6-7-16(19)12-18-10-9-15/h5,8,11,15-16,18H,3-4,6-7,9-10,12H2,1-2H3. The zero-order chi connectivity index (χ0) is 15.7. The Balaban J connectivity index is 1.99. The fraction of sp³-hybridized carbons (Fsp3) is 0.647.